The molecule has 1 aromatic heterocycles. The van der Waals surface area contributed by atoms with Gasteiger partial charge in [0.2, 0.25) is 0 Å². The Bertz CT molecular complexity index is 343. The first-order chi connectivity index (χ1) is 8.17. The summed E-state index contributed by atoms with van der Waals surface area (Å²) in [6, 6.07) is 4.48. The maximum atomic E-state index is 5.75. The van der Waals surface area contributed by atoms with Crippen molar-refractivity contribution in [1.82, 2.24) is 10.2 Å². The topological polar surface area (TPSA) is 24.5 Å². The predicted octanol–water partition coefficient (Wildman–Crippen LogP) is 2.08. The molecule has 0 bridgehead atoms. The number of morpholine rings is 1. The molecule has 0 radical (unpaired) electrons. The van der Waals surface area contributed by atoms with E-state index in [1.807, 2.05) is 18.4 Å². The normalized spacial score (nSPS) is 26.3. The molecule has 2 unspecified atom stereocenters. The third-order valence-electron chi connectivity index (χ3n) is 2.94. The van der Waals surface area contributed by atoms with Gasteiger partial charge in [0.1, 0.15) is 0 Å². The summed E-state index contributed by atoms with van der Waals surface area (Å²) in [6.45, 7) is 8.44. The molecule has 0 aromatic carbocycles. The van der Waals surface area contributed by atoms with Crippen LogP contribution in [-0.2, 0) is 17.8 Å². The number of nitrogens with zero attached hydrogens (tertiary/aromatic N) is 1. The summed E-state index contributed by atoms with van der Waals surface area (Å²) in [7, 11) is 1.99. The van der Waals surface area contributed by atoms with Gasteiger partial charge in [-0.1, -0.05) is 0 Å². The first-order valence-corrected chi connectivity index (χ1v) is 7.09. The largest absolute Gasteiger partial charge is 0.373 e. The summed E-state index contributed by atoms with van der Waals surface area (Å²) in [6.07, 6.45) is 0.714. The second-order valence-corrected chi connectivity index (χ2v) is 6.10. The van der Waals surface area contributed by atoms with Gasteiger partial charge < -0.3 is 10.1 Å². The predicted molar refractivity (Wildman–Crippen MR) is 72.4 cm³/mol. The lowest BCUT2D eigenvalue weighted by Crippen LogP contribution is -2.44. The lowest BCUT2D eigenvalue weighted by molar-refractivity contribution is -0.0702. The third kappa shape index (κ3) is 3.78. The molecule has 0 amide bonds. The highest BCUT2D eigenvalue weighted by Crippen LogP contribution is 2.20. The SMILES string of the molecule is CNCc1ccc(CN2CC(C)OC(C)C2)s1. The van der Waals surface area contributed by atoms with Crippen LogP contribution in [0.5, 0.6) is 0 Å². The highest BCUT2D eigenvalue weighted by Gasteiger charge is 2.22. The van der Waals surface area contributed by atoms with Gasteiger partial charge in [-0.25, -0.2) is 0 Å². The Balaban J connectivity index is 1.90. The molecule has 0 aliphatic carbocycles. The number of rotatable bonds is 4. The molecule has 17 heavy (non-hydrogen) atoms. The van der Waals surface area contributed by atoms with Crippen molar-refractivity contribution < 1.29 is 4.74 Å². The van der Waals surface area contributed by atoms with Gasteiger partial charge in [-0.2, -0.15) is 0 Å². The summed E-state index contributed by atoms with van der Waals surface area (Å²) in [5.41, 5.74) is 0. The van der Waals surface area contributed by atoms with E-state index in [1.165, 1.54) is 9.75 Å². The van der Waals surface area contributed by atoms with Crippen molar-refractivity contribution in [3.63, 3.8) is 0 Å². The van der Waals surface area contributed by atoms with Crippen LogP contribution in [-0.4, -0.2) is 37.2 Å². The van der Waals surface area contributed by atoms with Crippen molar-refractivity contribution in [3.8, 4) is 0 Å². The van der Waals surface area contributed by atoms with Crippen LogP contribution >= 0.6 is 11.3 Å². The average Bonchev–Trinajstić information content (AvgIpc) is 2.64. The lowest BCUT2D eigenvalue weighted by Gasteiger charge is -2.34. The number of hydrogen-bond acceptors (Lipinski definition) is 4. The Morgan fingerprint density at radius 3 is 2.59 bits per heavy atom. The van der Waals surface area contributed by atoms with Crippen LogP contribution in [0.15, 0.2) is 12.1 Å². The van der Waals surface area contributed by atoms with Crippen molar-refractivity contribution in [2.75, 3.05) is 20.1 Å². The first-order valence-electron chi connectivity index (χ1n) is 6.27. The highest BCUT2D eigenvalue weighted by molar-refractivity contribution is 7.11. The van der Waals surface area contributed by atoms with E-state index >= 15 is 0 Å². The van der Waals surface area contributed by atoms with E-state index in [2.05, 4.69) is 36.2 Å². The van der Waals surface area contributed by atoms with Gasteiger partial charge in [-0.3, -0.25) is 4.90 Å². The maximum absolute atomic E-state index is 5.75. The molecule has 1 saturated heterocycles. The van der Waals surface area contributed by atoms with E-state index in [9.17, 15) is 0 Å². The summed E-state index contributed by atoms with van der Waals surface area (Å²) in [5, 5.41) is 3.19. The summed E-state index contributed by atoms with van der Waals surface area (Å²) in [5.74, 6) is 0. The molecule has 4 heteroatoms. The van der Waals surface area contributed by atoms with Crippen LogP contribution in [0.4, 0.5) is 0 Å². The Hall–Kier alpha value is -0.420. The van der Waals surface area contributed by atoms with E-state index in [1.54, 1.807) is 0 Å². The molecule has 1 aliphatic heterocycles. The Labute approximate surface area is 108 Å². The second-order valence-electron chi connectivity index (χ2n) is 4.85. The number of thiophene rings is 1. The Morgan fingerprint density at radius 2 is 1.94 bits per heavy atom. The molecule has 2 atom stereocenters. The van der Waals surface area contributed by atoms with E-state index in [0.717, 1.165) is 26.2 Å². The second kappa shape index (κ2) is 5.96. The molecule has 1 N–H and O–H groups in total. The minimum atomic E-state index is 0.357. The molecule has 1 aromatic rings. The molecular formula is C13H22N2OS. The van der Waals surface area contributed by atoms with Crippen molar-refractivity contribution in [1.29, 1.82) is 0 Å². The zero-order valence-electron chi connectivity index (χ0n) is 10.9. The van der Waals surface area contributed by atoms with Gasteiger partial charge in [-0.15, -0.1) is 11.3 Å². The molecule has 0 saturated carbocycles. The highest BCUT2D eigenvalue weighted by atomic mass is 32.1. The van der Waals surface area contributed by atoms with Crippen molar-refractivity contribution in [2.24, 2.45) is 0 Å². The minimum absolute atomic E-state index is 0.357. The van der Waals surface area contributed by atoms with Crippen LogP contribution in [0, 0.1) is 0 Å². The van der Waals surface area contributed by atoms with Crippen LogP contribution < -0.4 is 5.32 Å². The summed E-state index contributed by atoms with van der Waals surface area (Å²) >= 11 is 1.91. The molecule has 1 aliphatic rings. The minimum Gasteiger partial charge on any atom is -0.373 e. The molecular weight excluding hydrogens is 232 g/mol. The fourth-order valence-corrected chi connectivity index (χ4v) is 3.48. The Morgan fingerprint density at radius 1 is 1.29 bits per heavy atom. The van der Waals surface area contributed by atoms with Gasteiger partial charge in [0.05, 0.1) is 12.2 Å². The molecule has 96 valence electrons. The van der Waals surface area contributed by atoms with Crippen molar-refractivity contribution >= 4 is 11.3 Å². The fraction of sp³-hybridized carbons (Fsp3) is 0.692. The number of nitrogens with one attached hydrogen (secondary N) is 1. The molecule has 1 fully saturated rings. The lowest BCUT2D eigenvalue weighted by atomic mass is 10.2. The van der Waals surface area contributed by atoms with E-state index in [0.29, 0.717) is 12.2 Å². The van der Waals surface area contributed by atoms with E-state index in [-0.39, 0.29) is 0 Å². The zero-order chi connectivity index (χ0) is 12.3. The van der Waals surface area contributed by atoms with Crippen LogP contribution in [0.25, 0.3) is 0 Å². The van der Waals surface area contributed by atoms with Crippen LogP contribution in [0.1, 0.15) is 23.6 Å². The molecule has 2 rings (SSSR count). The maximum Gasteiger partial charge on any atom is 0.0678 e. The smallest absolute Gasteiger partial charge is 0.0678 e. The van der Waals surface area contributed by atoms with Crippen LogP contribution in [0.3, 0.4) is 0 Å². The average molecular weight is 254 g/mol. The van der Waals surface area contributed by atoms with Crippen molar-refractivity contribution in [2.45, 2.75) is 39.1 Å². The first kappa shape index (κ1) is 13.0. The van der Waals surface area contributed by atoms with E-state index < -0.39 is 0 Å². The molecule has 0 spiro atoms. The summed E-state index contributed by atoms with van der Waals surface area (Å²) in [4.78, 5) is 5.36. The number of ether oxygens (including phenoxy) is 1. The van der Waals surface area contributed by atoms with Gasteiger partial charge in [-0.05, 0) is 33.0 Å². The van der Waals surface area contributed by atoms with Crippen LogP contribution in [0.2, 0.25) is 0 Å². The van der Waals surface area contributed by atoms with E-state index in [4.69, 9.17) is 4.74 Å². The monoisotopic (exact) mass is 254 g/mol. The molecule has 3 nitrogen and oxygen atoms in total. The number of hydrogen-bond donors (Lipinski definition) is 1. The quantitative estimate of drug-likeness (QED) is 0.890. The fourth-order valence-electron chi connectivity index (χ4n) is 2.41. The van der Waals surface area contributed by atoms with Crippen molar-refractivity contribution in [3.05, 3.63) is 21.9 Å². The summed E-state index contributed by atoms with van der Waals surface area (Å²) < 4.78 is 5.75. The van der Waals surface area contributed by atoms with Gasteiger partial charge in [0.25, 0.3) is 0 Å². The molecule has 2 heterocycles. The van der Waals surface area contributed by atoms with Gasteiger partial charge in [0.15, 0.2) is 0 Å². The Kier molecular flexibility index (Phi) is 4.56. The third-order valence-corrected chi connectivity index (χ3v) is 4.01. The van der Waals surface area contributed by atoms with Gasteiger partial charge >= 0.3 is 0 Å². The zero-order valence-corrected chi connectivity index (χ0v) is 11.7. The standard InChI is InChI=1S/C13H22N2OS/c1-10-7-15(8-11(2)16-10)9-13-5-4-12(17-13)6-14-3/h4-5,10-11,14H,6-9H2,1-3H3. The van der Waals surface area contributed by atoms with Gasteiger partial charge in [0, 0.05) is 35.9 Å².